The predicted molar refractivity (Wildman–Crippen MR) is 64.3 cm³/mol. The third kappa shape index (κ3) is 4.85. The van der Waals surface area contributed by atoms with Gasteiger partial charge < -0.3 is 10.1 Å². The predicted octanol–water partition coefficient (Wildman–Crippen LogP) is 1.56. The van der Waals surface area contributed by atoms with Crippen LogP contribution < -0.4 is 5.32 Å². The van der Waals surface area contributed by atoms with E-state index in [0.29, 0.717) is 17.9 Å². The molecular formula is C13H13NO3. The second kappa shape index (κ2) is 6.33. The third-order valence-electron chi connectivity index (χ3n) is 1.79. The van der Waals surface area contributed by atoms with Crippen molar-refractivity contribution in [2.24, 2.45) is 0 Å². The van der Waals surface area contributed by atoms with E-state index in [1.165, 1.54) is 6.92 Å². The highest BCUT2D eigenvalue weighted by molar-refractivity contribution is 5.89. The first kappa shape index (κ1) is 12.8. The lowest BCUT2D eigenvalue weighted by molar-refractivity contribution is -0.136. The number of hydrogen-bond acceptors (Lipinski definition) is 3. The van der Waals surface area contributed by atoms with Crippen LogP contribution in [0.5, 0.6) is 0 Å². The van der Waals surface area contributed by atoms with E-state index in [1.807, 2.05) is 0 Å². The van der Waals surface area contributed by atoms with Gasteiger partial charge in [-0.3, -0.25) is 4.79 Å². The van der Waals surface area contributed by atoms with E-state index in [2.05, 4.69) is 21.9 Å². The first-order chi connectivity index (χ1) is 8.11. The Morgan fingerprint density at radius 2 is 1.94 bits per heavy atom. The highest BCUT2D eigenvalue weighted by Crippen LogP contribution is 2.08. The highest BCUT2D eigenvalue weighted by Gasteiger charge is 1.95. The summed E-state index contributed by atoms with van der Waals surface area (Å²) in [4.78, 5) is 21.8. The molecule has 1 aromatic rings. The Hall–Kier alpha value is -2.28. The van der Waals surface area contributed by atoms with Crippen LogP contribution in [0.1, 0.15) is 19.4 Å². The minimum Gasteiger partial charge on any atom is -0.456 e. The van der Waals surface area contributed by atoms with Crippen LogP contribution in [-0.2, 0) is 14.3 Å². The van der Waals surface area contributed by atoms with Gasteiger partial charge in [0.15, 0.2) is 0 Å². The number of carbonyl (C=O) groups is 2. The van der Waals surface area contributed by atoms with Crippen LogP contribution in [0.4, 0.5) is 5.69 Å². The van der Waals surface area contributed by atoms with E-state index in [4.69, 9.17) is 0 Å². The Morgan fingerprint density at radius 1 is 1.29 bits per heavy atom. The van der Waals surface area contributed by atoms with Crippen molar-refractivity contribution >= 4 is 17.6 Å². The number of anilines is 1. The summed E-state index contributed by atoms with van der Waals surface area (Å²) in [7, 11) is 0. The Morgan fingerprint density at radius 3 is 2.47 bits per heavy atom. The van der Waals surface area contributed by atoms with Gasteiger partial charge in [-0.1, -0.05) is 5.92 Å². The number of esters is 1. The summed E-state index contributed by atoms with van der Waals surface area (Å²) >= 11 is 0. The summed E-state index contributed by atoms with van der Waals surface area (Å²) in [6.07, 6.45) is 0. The molecule has 0 bridgehead atoms. The van der Waals surface area contributed by atoms with Gasteiger partial charge in [0.05, 0.1) is 6.61 Å². The van der Waals surface area contributed by atoms with Crippen molar-refractivity contribution in [3.8, 4) is 11.8 Å². The molecular weight excluding hydrogens is 218 g/mol. The number of hydrogen-bond donors (Lipinski definition) is 1. The maximum absolute atomic E-state index is 11.0. The van der Waals surface area contributed by atoms with Crippen LogP contribution >= 0.6 is 0 Å². The number of nitrogens with one attached hydrogen (secondary N) is 1. The van der Waals surface area contributed by atoms with Gasteiger partial charge in [-0.05, 0) is 31.2 Å². The number of ether oxygens (including phenoxy) is 1. The largest absolute Gasteiger partial charge is 0.456 e. The summed E-state index contributed by atoms with van der Waals surface area (Å²) in [5, 5.41) is 2.64. The van der Waals surface area contributed by atoms with Crippen molar-refractivity contribution in [2.45, 2.75) is 13.8 Å². The lowest BCUT2D eigenvalue weighted by Gasteiger charge is -2.00. The van der Waals surface area contributed by atoms with Crippen molar-refractivity contribution in [3.63, 3.8) is 0 Å². The Labute approximate surface area is 100.0 Å². The van der Waals surface area contributed by atoms with Gasteiger partial charge in [-0.15, -0.1) is 0 Å². The fraction of sp³-hybridized carbons (Fsp3) is 0.231. The van der Waals surface area contributed by atoms with Gasteiger partial charge >= 0.3 is 5.97 Å². The average molecular weight is 231 g/mol. The van der Waals surface area contributed by atoms with Crippen LogP contribution in [0.15, 0.2) is 24.3 Å². The molecule has 17 heavy (non-hydrogen) atoms. The van der Waals surface area contributed by atoms with Gasteiger partial charge in [0, 0.05) is 24.1 Å². The normalized spacial score (nSPS) is 8.82. The monoisotopic (exact) mass is 231 g/mol. The standard InChI is InChI=1S/C13H13NO3/c1-3-17-13(16)9-6-11-4-7-12(8-5-11)14-10(2)15/h4-5,7-8H,3H2,1-2H3,(H,14,15). The molecule has 1 rings (SSSR count). The summed E-state index contributed by atoms with van der Waals surface area (Å²) in [6.45, 7) is 3.48. The van der Waals surface area contributed by atoms with Crippen LogP contribution in [0, 0.1) is 11.8 Å². The minimum absolute atomic E-state index is 0.129. The molecule has 0 atom stereocenters. The maximum Gasteiger partial charge on any atom is 0.384 e. The molecule has 1 N–H and O–H groups in total. The van der Waals surface area contributed by atoms with Gasteiger partial charge in [0.1, 0.15) is 0 Å². The molecule has 4 nitrogen and oxygen atoms in total. The van der Waals surface area contributed by atoms with Crippen molar-refractivity contribution < 1.29 is 14.3 Å². The van der Waals surface area contributed by atoms with E-state index in [-0.39, 0.29) is 5.91 Å². The van der Waals surface area contributed by atoms with E-state index in [9.17, 15) is 9.59 Å². The van der Waals surface area contributed by atoms with Gasteiger partial charge in [-0.2, -0.15) is 0 Å². The Bertz CT molecular complexity index is 466. The summed E-state index contributed by atoms with van der Waals surface area (Å²) < 4.78 is 4.67. The van der Waals surface area contributed by atoms with Gasteiger partial charge in [0.2, 0.25) is 5.91 Å². The molecule has 4 heteroatoms. The lowest BCUT2D eigenvalue weighted by atomic mass is 10.2. The molecule has 0 fully saturated rings. The fourth-order valence-electron chi connectivity index (χ4n) is 1.13. The zero-order valence-electron chi connectivity index (χ0n) is 9.74. The fourth-order valence-corrected chi connectivity index (χ4v) is 1.13. The van der Waals surface area contributed by atoms with Crippen molar-refractivity contribution in [3.05, 3.63) is 29.8 Å². The second-order valence-corrected chi connectivity index (χ2v) is 3.23. The first-order valence-corrected chi connectivity index (χ1v) is 5.18. The molecule has 1 amide bonds. The smallest absolute Gasteiger partial charge is 0.384 e. The number of benzene rings is 1. The Kier molecular flexibility index (Phi) is 4.77. The third-order valence-corrected chi connectivity index (χ3v) is 1.79. The van der Waals surface area contributed by atoms with E-state index in [0.717, 1.165) is 0 Å². The first-order valence-electron chi connectivity index (χ1n) is 5.18. The zero-order valence-corrected chi connectivity index (χ0v) is 9.74. The molecule has 0 heterocycles. The zero-order chi connectivity index (χ0) is 12.7. The topological polar surface area (TPSA) is 55.4 Å². The average Bonchev–Trinajstić information content (AvgIpc) is 2.28. The molecule has 0 aromatic heterocycles. The van der Waals surface area contributed by atoms with Crippen molar-refractivity contribution in [2.75, 3.05) is 11.9 Å². The van der Waals surface area contributed by atoms with Crippen molar-refractivity contribution in [1.29, 1.82) is 0 Å². The van der Waals surface area contributed by atoms with Crippen molar-refractivity contribution in [1.82, 2.24) is 0 Å². The summed E-state index contributed by atoms with van der Waals surface area (Å²) in [5.74, 6) is 4.36. The van der Waals surface area contributed by atoms with Gasteiger partial charge in [-0.25, -0.2) is 4.79 Å². The molecule has 88 valence electrons. The maximum atomic E-state index is 11.0. The number of rotatable bonds is 2. The molecule has 0 aliphatic heterocycles. The quantitative estimate of drug-likeness (QED) is 0.620. The number of carbonyl (C=O) groups excluding carboxylic acids is 2. The van der Waals surface area contributed by atoms with E-state index >= 15 is 0 Å². The van der Waals surface area contributed by atoms with E-state index < -0.39 is 5.97 Å². The molecule has 0 radical (unpaired) electrons. The highest BCUT2D eigenvalue weighted by atomic mass is 16.5. The van der Waals surface area contributed by atoms with E-state index in [1.54, 1.807) is 31.2 Å². The summed E-state index contributed by atoms with van der Waals surface area (Å²) in [6, 6.07) is 6.88. The Balaban J connectivity index is 2.68. The molecule has 0 spiro atoms. The summed E-state index contributed by atoms with van der Waals surface area (Å²) in [5.41, 5.74) is 1.38. The molecule has 0 aliphatic rings. The van der Waals surface area contributed by atoms with Crippen LogP contribution in [0.25, 0.3) is 0 Å². The SMILES string of the molecule is CCOC(=O)C#Cc1ccc(NC(C)=O)cc1. The van der Waals surface area contributed by atoms with Crippen LogP contribution in [-0.4, -0.2) is 18.5 Å². The molecule has 0 unspecified atom stereocenters. The molecule has 1 aromatic carbocycles. The second-order valence-electron chi connectivity index (χ2n) is 3.23. The number of amides is 1. The lowest BCUT2D eigenvalue weighted by Crippen LogP contribution is -2.05. The molecule has 0 aliphatic carbocycles. The van der Waals surface area contributed by atoms with Crippen LogP contribution in [0.2, 0.25) is 0 Å². The molecule has 0 saturated heterocycles. The van der Waals surface area contributed by atoms with Gasteiger partial charge in [0.25, 0.3) is 0 Å². The van der Waals surface area contributed by atoms with Crippen LogP contribution in [0.3, 0.4) is 0 Å². The minimum atomic E-state index is -0.543. The molecule has 0 saturated carbocycles.